The monoisotopic (exact) mass is 319 g/mol. The van der Waals surface area contributed by atoms with E-state index in [0.717, 1.165) is 13.1 Å². The van der Waals surface area contributed by atoms with E-state index in [4.69, 9.17) is 4.74 Å². The van der Waals surface area contributed by atoms with E-state index < -0.39 is 16.1 Å². The van der Waals surface area contributed by atoms with Gasteiger partial charge in [0.05, 0.1) is 19.0 Å². The van der Waals surface area contributed by atoms with Gasteiger partial charge in [0.15, 0.2) is 0 Å². The van der Waals surface area contributed by atoms with E-state index in [0.29, 0.717) is 26.2 Å². The third-order valence-corrected chi connectivity index (χ3v) is 3.72. The van der Waals surface area contributed by atoms with Crippen molar-refractivity contribution in [2.45, 2.75) is 13.3 Å². The number of morpholine rings is 1. The number of rotatable bonds is 6. The molecule has 1 rings (SSSR count). The first-order valence-corrected chi connectivity index (χ1v) is 7.40. The van der Waals surface area contributed by atoms with Crippen LogP contribution in [0.25, 0.3) is 0 Å². The van der Waals surface area contributed by atoms with Crippen LogP contribution in [0.2, 0.25) is 0 Å². The molecule has 6 nitrogen and oxygen atoms in total. The number of hydrogen-bond acceptors (Lipinski definition) is 6. The number of carbonyl (C=O) groups excluding carboxylic acids is 1. The van der Waals surface area contributed by atoms with E-state index >= 15 is 0 Å². The van der Waals surface area contributed by atoms with Crippen LogP contribution in [0.1, 0.15) is 16.2 Å². The molecule has 0 N–H and O–H groups in total. The van der Waals surface area contributed by atoms with Gasteiger partial charge in [-0.05, 0) is 19.9 Å². The molecule has 0 aromatic heterocycles. The molecule has 0 aromatic carbocycles. The zero-order valence-electron chi connectivity index (χ0n) is 13.3. The van der Waals surface area contributed by atoms with Crippen molar-refractivity contribution in [3.05, 3.63) is 12.2 Å². The number of nitrogens with zero attached hydrogens (tertiary/aromatic N) is 1. The van der Waals surface area contributed by atoms with Gasteiger partial charge in [-0.2, -0.15) is 8.42 Å². The largest absolute Gasteiger partial charge is 2.00 e. The summed E-state index contributed by atoms with van der Waals surface area (Å²) in [5, 5.41) is 0. The number of carbonyl (C=O) groups is 1. The molecule has 0 aromatic rings. The minimum Gasteiger partial charge on any atom is -1.00 e. The summed E-state index contributed by atoms with van der Waals surface area (Å²) >= 11 is 0. The average Bonchev–Trinajstić information content (AvgIpc) is 2.29. The Bertz CT molecular complexity index is 413. The van der Waals surface area contributed by atoms with E-state index in [1.54, 1.807) is 0 Å². The molecule has 0 unspecified atom stereocenters. The molecule has 108 valence electrons. The molecule has 1 aliphatic heterocycles. The first kappa shape index (κ1) is 19.3. The second kappa shape index (κ2) is 9.31. The molecular weight excluding hydrogens is 298 g/mol. The fourth-order valence-corrected chi connectivity index (χ4v) is 2.46. The molecule has 0 saturated carbocycles. The van der Waals surface area contributed by atoms with E-state index in [2.05, 4.69) is 15.7 Å². The molecule has 1 saturated heterocycles. The van der Waals surface area contributed by atoms with Gasteiger partial charge < -0.3 is 11.8 Å². The van der Waals surface area contributed by atoms with Gasteiger partial charge in [0.2, 0.25) is 0 Å². The predicted octanol–water partition coefficient (Wildman–Crippen LogP) is 0.00200. The zero-order valence-corrected chi connectivity index (χ0v) is 14.3. The molecule has 19 heavy (non-hydrogen) atoms. The fourth-order valence-electron chi connectivity index (χ4n) is 1.52. The smallest absolute Gasteiger partial charge is 1.00 e. The molecule has 1 aliphatic rings. The van der Waals surface area contributed by atoms with Gasteiger partial charge in [-0.15, -0.1) is 0 Å². The second-order valence-electron chi connectivity index (χ2n) is 4.22. The average molecular weight is 319 g/mol. The van der Waals surface area contributed by atoms with Crippen molar-refractivity contribution < 1.29 is 25.0 Å². The summed E-state index contributed by atoms with van der Waals surface area (Å²) < 4.78 is 32.5. The Morgan fingerprint density at radius 2 is 2.00 bits per heavy atom. The predicted molar refractivity (Wildman–Crippen MR) is 74.5 cm³/mol. The van der Waals surface area contributed by atoms with Crippen LogP contribution in [0.15, 0.2) is 12.2 Å². The molecule has 8 heteroatoms. The summed E-state index contributed by atoms with van der Waals surface area (Å²) in [5.74, 6) is -1.05. The van der Waals surface area contributed by atoms with Crippen molar-refractivity contribution >= 4 is 53.8 Å². The van der Waals surface area contributed by atoms with Crippen LogP contribution >= 0.6 is 0 Å². The van der Waals surface area contributed by atoms with Crippen LogP contribution in [0, 0.1) is 0 Å². The van der Waals surface area contributed by atoms with Crippen LogP contribution in [-0.2, 0) is 23.8 Å². The molecule has 1 heterocycles. The Kier molecular flexibility index (Phi) is 9.47. The summed E-state index contributed by atoms with van der Waals surface area (Å²) in [6, 6.07) is 0. The minimum atomic E-state index is -3.79. The van der Waals surface area contributed by atoms with E-state index in [-0.39, 0.29) is 51.9 Å². The molecule has 0 aliphatic carbocycles. The maximum absolute atomic E-state index is 11.5. The van der Waals surface area contributed by atoms with Crippen molar-refractivity contribution in [2.24, 2.45) is 0 Å². The van der Waals surface area contributed by atoms with Crippen molar-refractivity contribution in [2.75, 3.05) is 38.6 Å². The van der Waals surface area contributed by atoms with Gasteiger partial charge in [-0.3, -0.25) is 4.90 Å². The molecule has 0 atom stereocenters. The third kappa shape index (κ3) is 8.27. The maximum Gasteiger partial charge on any atom is 2.00 e. The zero-order chi connectivity index (χ0) is 13.6. The van der Waals surface area contributed by atoms with Gasteiger partial charge in [-0.1, -0.05) is 6.58 Å². The van der Waals surface area contributed by atoms with Crippen LogP contribution in [0.5, 0.6) is 0 Å². The summed E-state index contributed by atoms with van der Waals surface area (Å²) in [5.41, 5.74) is 0.0757. The van der Waals surface area contributed by atoms with Crippen LogP contribution in [-0.4, -0.2) is 95.6 Å². The Hall–Kier alpha value is 0.340. The topological polar surface area (TPSA) is 72.9 Å². The van der Waals surface area contributed by atoms with E-state index in [9.17, 15) is 13.2 Å². The van der Waals surface area contributed by atoms with E-state index in [1.165, 1.54) is 6.92 Å². The second-order valence-corrected chi connectivity index (χ2v) is 5.91. The fraction of sp³-hybridized carbons (Fsp3) is 0.727. The van der Waals surface area contributed by atoms with Gasteiger partial charge in [0.25, 0.3) is 0 Å². The summed E-state index contributed by atoms with van der Waals surface area (Å²) in [6.45, 7) is 8.38. The molecule has 1 fully saturated rings. The molecular formula is C11H21CaNO5S. The standard InChI is InChI=1S/C11H19NO5S.Ca.2H/c1-10(2)11(13)17-18(14,15)9-3-4-12-5-7-16-8-6-12;;;/h1,3-9H2,2H3;;;/q;+2;2*-1. The minimum absolute atomic E-state index is 0. The molecule has 0 bridgehead atoms. The number of ether oxygens (including phenoxy) is 1. The molecule has 0 spiro atoms. The Morgan fingerprint density at radius 1 is 1.42 bits per heavy atom. The quantitative estimate of drug-likeness (QED) is 0.390. The normalized spacial score (nSPS) is 16.5. The Morgan fingerprint density at radius 3 is 2.53 bits per heavy atom. The third-order valence-electron chi connectivity index (χ3n) is 2.52. The summed E-state index contributed by atoms with van der Waals surface area (Å²) in [6.07, 6.45) is 0.436. The molecule has 0 radical (unpaired) electrons. The first-order chi connectivity index (χ1) is 8.41. The van der Waals surface area contributed by atoms with Gasteiger partial charge in [-0.25, -0.2) is 4.79 Å². The Balaban J connectivity index is -0.00000108. The number of hydrogen-bond donors (Lipinski definition) is 0. The first-order valence-electron chi connectivity index (χ1n) is 5.83. The van der Waals surface area contributed by atoms with Gasteiger partial charge in [0.1, 0.15) is 0 Å². The maximum atomic E-state index is 11.5. The van der Waals surface area contributed by atoms with Crippen LogP contribution in [0.3, 0.4) is 0 Å². The van der Waals surface area contributed by atoms with Gasteiger partial charge >= 0.3 is 53.8 Å². The van der Waals surface area contributed by atoms with Crippen LogP contribution in [0.4, 0.5) is 0 Å². The molecule has 0 amide bonds. The van der Waals surface area contributed by atoms with Crippen LogP contribution < -0.4 is 0 Å². The van der Waals surface area contributed by atoms with Gasteiger partial charge in [0, 0.05) is 18.7 Å². The van der Waals surface area contributed by atoms with E-state index in [1.807, 2.05) is 0 Å². The SMILES string of the molecule is C=C(C)C(=O)OS(=O)(=O)CCCN1CCOCC1.[Ca+2].[H-].[H-]. The summed E-state index contributed by atoms with van der Waals surface area (Å²) in [7, 11) is -3.79. The summed E-state index contributed by atoms with van der Waals surface area (Å²) in [4.78, 5) is 13.2. The van der Waals surface area contributed by atoms with Crippen molar-refractivity contribution in [3.8, 4) is 0 Å². The van der Waals surface area contributed by atoms with Crippen molar-refractivity contribution in [1.82, 2.24) is 4.90 Å². The van der Waals surface area contributed by atoms with Crippen molar-refractivity contribution in [3.63, 3.8) is 0 Å². The van der Waals surface area contributed by atoms with Crippen molar-refractivity contribution in [1.29, 1.82) is 0 Å². The Labute approximate surface area is 147 Å².